The number of rotatable bonds is 2. The number of aromatic nitrogens is 4. The highest BCUT2D eigenvalue weighted by Gasteiger charge is 2.22. The smallest absolute Gasteiger partial charge is 0.321 e. The number of hydrogen-bond donors (Lipinski definition) is 3. The first-order chi connectivity index (χ1) is 12.5. The Kier molecular flexibility index (Phi) is 4.14. The zero-order valence-electron chi connectivity index (χ0n) is 15.4. The number of nitrogens with one attached hydrogen (secondary N) is 3. The second-order valence-corrected chi connectivity index (χ2v) is 7.09. The van der Waals surface area contributed by atoms with E-state index in [2.05, 4.69) is 51.5 Å². The van der Waals surface area contributed by atoms with Gasteiger partial charge in [0.05, 0.1) is 22.4 Å². The van der Waals surface area contributed by atoms with Gasteiger partial charge in [-0.2, -0.15) is 5.10 Å². The van der Waals surface area contributed by atoms with E-state index in [1.54, 1.807) is 0 Å². The van der Waals surface area contributed by atoms with Crippen molar-refractivity contribution in [1.29, 1.82) is 0 Å². The molecule has 136 valence electrons. The number of fused-ring (bicyclic) bond motifs is 1. The Morgan fingerprint density at radius 3 is 2.62 bits per heavy atom. The number of imidazole rings is 1. The fourth-order valence-corrected chi connectivity index (χ4v) is 3.42. The third-order valence-corrected chi connectivity index (χ3v) is 5.14. The second kappa shape index (κ2) is 6.48. The van der Waals surface area contributed by atoms with Crippen molar-refractivity contribution in [3.8, 4) is 11.5 Å². The number of aryl methyl sites for hydroxylation is 3. The molecule has 0 spiro atoms. The molecule has 1 saturated heterocycles. The van der Waals surface area contributed by atoms with E-state index in [1.807, 2.05) is 11.8 Å². The fourth-order valence-electron chi connectivity index (χ4n) is 3.42. The minimum atomic E-state index is -0.0711. The molecule has 0 atom stereocenters. The number of amides is 2. The number of anilines is 1. The molecule has 0 aliphatic carbocycles. The highest BCUT2D eigenvalue weighted by molar-refractivity contribution is 5.94. The highest BCUT2D eigenvalue weighted by atomic mass is 16.2. The van der Waals surface area contributed by atoms with E-state index in [0.29, 0.717) is 17.2 Å². The summed E-state index contributed by atoms with van der Waals surface area (Å²) in [5.74, 6) is 0.656. The van der Waals surface area contributed by atoms with Gasteiger partial charge in [0, 0.05) is 13.1 Å². The van der Waals surface area contributed by atoms with Gasteiger partial charge < -0.3 is 15.2 Å². The van der Waals surface area contributed by atoms with Crippen molar-refractivity contribution >= 4 is 22.8 Å². The van der Waals surface area contributed by atoms with Gasteiger partial charge in [-0.25, -0.2) is 9.78 Å². The fraction of sp³-hybridized carbons (Fsp3) is 0.421. The van der Waals surface area contributed by atoms with Crippen LogP contribution in [0, 0.1) is 20.8 Å². The Labute approximate surface area is 152 Å². The largest absolute Gasteiger partial charge is 0.337 e. The van der Waals surface area contributed by atoms with Crippen LogP contribution < -0.4 is 5.32 Å². The average molecular weight is 352 g/mol. The van der Waals surface area contributed by atoms with Gasteiger partial charge in [0.25, 0.3) is 0 Å². The molecule has 2 amide bonds. The Hall–Kier alpha value is -2.83. The average Bonchev–Trinajstić information content (AvgIpc) is 3.20. The van der Waals surface area contributed by atoms with Crippen LogP contribution in [0.4, 0.5) is 10.5 Å². The summed E-state index contributed by atoms with van der Waals surface area (Å²) in [5.41, 5.74) is 6.43. The van der Waals surface area contributed by atoms with E-state index in [0.717, 1.165) is 42.7 Å². The monoisotopic (exact) mass is 352 g/mol. The summed E-state index contributed by atoms with van der Waals surface area (Å²) < 4.78 is 0. The summed E-state index contributed by atoms with van der Waals surface area (Å²) in [7, 11) is 0. The summed E-state index contributed by atoms with van der Waals surface area (Å²) in [4.78, 5) is 22.5. The number of carbonyl (C=O) groups is 1. The first kappa shape index (κ1) is 16.6. The number of carbonyl (C=O) groups excluding carboxylic acids is 1. The predicted octanol–water partition coefficient (Wildman–Crippen LogP) is 3.90. The molecule has 3 aromatic rings. The molecule has 1 aromatic carbocycles. The minimum Gasteiger partial charge on any atom is -0.337 e. The lowest BCUT2D eigenvalue weighted by atomic mass is 10.1. The molecule has 1 fully saturated rings. The van der Waals surface area contributed by atoms with Crippen molar-refractivity contribution in [3.05, 3.63) is 29.0 Å². The Balaban J connectivity index is 1.66. The van der Waals surface area contributed by atoms with E-state index >= 15 is 0 Å². The maximum atomic E-state index is 12.6. The summed E-state index contributed by atoms with van der Waals surface area (Å²) in [5, 5.41) is 10.4. The Morgan fingerprint density at radius 1 is 1.12 bits per heavy atom. The summed E-state index contributed by atoms with van der Waals surface area (Å²) >= 11 is 0. The molecule has 1 aliphatic heterocycles. The molecular weight excluding hydrogens is 328 g/mol. The van der Waals surface area contributed by atoms with E-state index in [1.165, 1.54) is 17.5 Å². The maximum Gasteiger partial charge on any atom is 0.321 e. The topological polar surface area (TPSA) is 89.7 Å². The standard InChI is InChI=1S/C19H24N6O/c1-11-9-14-15(10-12(11)2)21-18(20-14)17-16(13(3)23-24-17)22-19(26)25-7-5-4-6-8-25/h9-10H,4-8H2,1-3H3,(H,20,21)(H,22,26)(H,23,24). The molecule has 3 heterocycles. The SMILES string of the molecule is Cc1cc2nc(-c3n[nH]c(C)c3NC(=O)N3CCCCC3)[nH]c2cc1C. The third-order valence-electron chi connectivity index (χ3n) is 5.14. The second-order valence-electron chi connectivity index (χ2n) is 7.09. The van der Waals surface area contributed by atoms with Crippen molar-refractivity contribution in [3.63, 3.8) is 0 Å². The number of aromatic amines is 2. The zero-order valence-corrected chi connectivity index (χ0v) is 15.4. The van der Waals surface area contributed by atoms with Crippen molar-refractivity contribution in [2.75, 3.05) is 18.4 Å². The van der Waals surface area contributed by atoms with Gasteiger partial charge >= 0.3 is 6.03 Å². The van der Waals surface area contributed by atoms with Gasteiger partial charge in [0.15, 0.2) is 11.5 Å². The normalized spacial score (nSPS) is 14.8. The van der Waals surface area contributed by atoms with Crippen LogP contribution in [0.15, 0.2) is 12.1 Å². The molecule has 0 unspecified atom stereocenters. The predicted molar refractivity (Wildman–Crippen MR) is 102 cm³/mol. The summed E-state index contributed by atoms with van der Waals surface area (Å²) in [6.07, 6.45) is 3.32. The van der Waals surface area contributed by atoms with Crippen molar-refractivity contribution < 1.29 is 4.79 Å². The molecule has 0 radical (unpaired) electrons. The molecule has 7 heteroatoms. The van der Waals surface area contributed by atoms with Crippen LogP contribution in [0.25, 0.3) is 22.6 Å². The van der Waals surface area contributed by atoms with Gasteiger partial charge in [0.1, 0.15) is 0 Å². The lowest BCUT2D eigenvalue weighted by molar-refractivity contribution is 0.200. The van der Waals surface area contributed by atoms with Crippen LogP contribution >= 0.6 is 0 Å². The van der Waals surface area contributed by atoms with Crippen molar-refractivity contribution in [1.82, 2.24) is 25.1 Å². The molecule has 2 aromatic heterocycles. The molecular formula is C19H24N6O. The molecule has 26 heavy (non-hydrogen) atoms. The first-order valence-corrected chi connectivity index (χ1v) is 9.11. The lowest BCUT2D eigenvalue weighted by Crippen LogP contribution is -2.38. The molecule has 3 N–H and O–H groups in total. The van der Waals surface area contributed by atoms with Gasteiger partial charge in [-0.15, -0.1) is 0 Å². The van der Waals surface area contributed by atoms with E-state index in [9.17, 15) is 4.79 Å². The van der Waals surface area contributed by atoms with Crippen LogP contribution in [0.2, 0.25) is 0 Å². The quantitative estimate of drug-likeness (QED) is 0.653. The van der Waals surface area contributed by atoms with Crippen LogP contribution in [0.5, 0.6) is 0 Å². The van der Waals surface area contributed by atoms with Gasteiger partial charge in [-0.05, 0) is 63.3 Å². The van der Waals surface area contributed by atoms with Crippen LogP contribution in [-0.2, 0) is 0 Å². The number of urea groups is 1. The lowest BCUT2D eigenvalue weighted by Gasteiger charge is -2.26. The first-order valence-electron chi connectivity index (χ1n) is 9.11. The Bertz CT molecular complexity index is 925. The molecule has 7 nitrogen and oxygen atoms in total. The number of nitrogens with zero attached hydrogens (tertiary/aromatic N) is 3. The molecule has 1 aliphatic rings. The Morgan fingerprint density at radius 2 is 1.85 bits per heavy atom. The number of H-pyrrole nitrogens is 2. The molecule has 4 rings (SSSR count). The third kappa shape index (κ3) is 2.94. The number of likely N-dealkylation sites (tertiary alicyclic amines) is 1. The van der Waals surface area contributed by atoms with Crippen LogP contribution in [0.1, 0.15) is 36.1 Å². The number of hydrogen-bond acceptors (Lipinski definition) is 3. The maximum absolute atomic E-state index is 12.6. The molecule has 0 bridgehead atoms. The number of benzene rings is 1. The van der Waals surface area contributed by atoms with Gasteiger partial charge in [-0.3, -0.25) is 5.10 Å². The van der Waals surface area contributed by atoms with Gasteiger partial charge in [0.2, 0.25) is 0 Å². The summed E-state index contributed by atoms with van der Waals surface area (Å²) in [6, 6.07) is 4.08. The van der Waals surface area contributed by atoms with E-state index < -0.39 is 0 Å². The van der Waals surface area contributed by atoms with E-state index in [4.69, 9.17) is 0 Å². The molecule has 0 saturated carbocycles. The van der Waals surface area contributed by atoms with Crippen molar-refractivity contribution in [2.24, 2.45) is 0 Å². The van der Waals surface area contributed by atoms with Gasteiger partial charge in [-0.1, -0.05) is 0 Å². The number of piperidine rings is 1. The van der Waals surface area contributed by atoms with Crippen LogP contribution in [-0.4, -0.2) is 44.2 Å². The summed E-state index contributed by atoms with van der Waals surface area (Å²) in [6.45, 7) is 7.67. The van der Waals surface area contributed by atoms with Crippen LogP contribution in [0.3, 0.4) is 0 Å². The van der Waals surface area contributed by atoms with Crippen molar-refractivity contribution in [2.45, 2.75) is 40.0 Å². The van der Waals surface area contributed by atoms with E-state index in [-0.39, 0.29) is 6.03 Å². The minimum absolute atomic E-state index is 0.0711. The zero-order chi connectivity index (χ0) is 18.3. The highest BCUT2D eigenvalue weighted by Crippen LogP contribution is 2.29.